The Morgan fingerprint density at radius 1 is 1.40 bits per heavy atom. The molecule has 0 aromatic rings. The molecule has 56 valence electrons. The van der Waals surface area contributed by atoms with E-state index >= 15 is 0 Å². The molecule has 0 bridgehead atoms. The van der Waals surface area contributed by atoms with Crippen molar-refractivity contribution in [1.82, 2.24) is 0 Å². The molecule has 5 nitrogen and oxygen atoms in total. The van der Waals surface area contributed by atoms with Crippen LogP contribution in [-0.4, -0.2) is 68.3 Å². The van der Waals surface area contributed by atoms with Gasteiger partial charge in [-0.3, -0.25) is 0 Å². The fraction of sp³-hybridized carbons (Fsp3) is 0. The fourth-order valence-corrected chi connectivity index (χ4v) is 0.196. The molecule has 0 aliphatic heterocycles. The van der Waals surface area contributed by atoms with Gasteiger partial charge in [-0.05, 0) is 0 Å². The molecule has 0 radical (unpaired) electrons. The predicted octanol–water partition coefficient (Wildman–Crippen LogP) is -3.00. The molecule has 0 aromatic carbocycles. The van der Waals surface area contributed by atoms with Crippen molar-refractivity contribution in [3.8, 4) is 0 Å². The lowest BCUT2D eigenvalue weighted by Gasteiger charge is -1.92. The number of carboxylic acid groups (broad SMARTS) is 1. The molecule has 10 heavy (non-hydrogen) atoms. The lowest BCUT2D eigenvalue weighted by molar-refractivity contribution is 0.0867. The van der Waals surface area contributed by atoms with Crippen LogP contribution in [0.4, 0.5) is 9.59 Å². The second-order valence-corrected chi connectivity index (χ2v) is 1.23. The third kappa shape index (κ3) is 11.1. The Morgan fingerprint density at radius 3 is 1.90 bits per heavy atom. The molecule has 0 aliphatic carbocycles. The summed E-state index contributed by atoms with van der Waals surface area (Å²) in [6, 6.07) is 0. The summed E-state index contributed by atoms with van der Waals surface area (Å²) in [4.78, 5) is 19.3. The van der Waals surface area contributed by atoms with E-state index < -0.39 is 12.3 Å². The zero-order valence-corrected chi connectivity index (χ0v) is 6.08. The smallest absolute Gasteiger partial charge is 0.498 e. The minimum Gasteiger partial charge on any atom is -0.498 e. The summed E-state index contributed by atoms with van der Waals surface area (Å²) in [5.41, 5.74) is 0. The largest absolute Gasteiger partial charge is 0.516 e. The van der Waals surface area contributed by atoms with Gasteiger partial charge >= 0.3 is 35.4 Å². The third-order valence-electron chi connectivity index (χ3n) is 0.337. The van der Waals surface area contributed by atoms with Crippen LogP contribution in [0.15, 0.2) is 0 Å². The van der Waals surface area contributed by atoms with Gasteiger partial charge in [-0.2, -0.15) is 0 Å². The van der Waals surface area contributed by atoms with E-state index in [9.17, 15) is 9.59 Å². The Labute approximate surface area is 86.9 Å². The molecular weight excluding hydrogens is 183 g/mol. The summed E-state index contributed by atoms with van der Waals surface area (Å²) in [5, 5.41) is 7.71. The zero-order chi connectivity index (χ0) is 6.57. The van der Waals surface area contributed by atoms with Crippen molar-refractivity contribution >= 4 is 63.2 Å². The van der Waals surface area contributed by atoms with E-state index in [1.807, 2.05) is 0 Å². The van der Waals surface area contributed by atoms with Crippen LogP contribution in [0.2, 0.25) is 0 Å². The van der Waals surface area contributed by atoms with E-state index in [0.29, 0.717) is 0 Å². The summed E-state index contributed by atoms with van der Waals surface area (Å²) >= 11 is 0. The highest BCUT2D eigenvalue weighted by atomic mass is 28.2. The topological polar surface area (TPSA) is 72.8 Å². The maximum absolute atomic E-state index is 9.83. The molecule has 0 spiro atoms. The molecular formula is C2H9AlMgO5Si. The van der Waals surface area contributed by atoms with Crippen LogP contribution in [0.3, 0.4) is 0 Å². The number of carbonyl (C=O) groups is 2. The first-order valence-electron chi connectivity index (χ1n) is 1.65. The number of hydrogen-bond acceptors (Lipinski definition) is 4. The number of rotatable bonds is 0. The first-order valence-corrected chi connectivity index (χ1v) is 2.47. The minimum atomic E-state index is -1.65. The molecule has 0 amide bonds. The molecule has 8 heteroatoms. The van der Waals surface area contributed by atoms with Crippen molar-refractivity contribution in [3.05, 3.63) is 0 Å². The van der Waals surface area contributed by atoms with E-state index in [0.717, 1.165) is 0 Å². The van der Waals surface area contributed by atoms with Gasteiger partial charge in [-0.1, -0.05) is 0 Å². The van der Waals surface area contributed by atoms with Gasteiger partial charge < -0.3 is 14.3 Å². The Hall–Kier alpha value is 0.256. The van der Waals surface area contributed by atoms with Crippen molar-refractivity contribution in [3.63, 3.8) is 0 Å². The first-order chi connectivity index (χ1) is 3.66. The molecule has 0 rings (SSSR count). The van der Waals surface area contributed by atoms with E-state index in [2.05, 4.69) is 9.16 Å². The average Bonchev–Trinajstić information content (AvgIpc) is 1.65. The van der Waals surface area contributed by atoms with Crippen LogP contribution >= 0.6 is 0 Å². The first kappa shape index (κ1) is 16.7. The molecule has 0 aromatic heterocycles. The standard InChI is InChI=1S/C2H4O5Si.Al.Mg.5H/c3-1(4)6-2(5)7-8;;;;;;;/h8H3,(H,3,4);;;;;;;. The van der Waals surface area contributed by atoms with Gasteiger partial charge in [0.1, 0.15) is 0 Å². The average molecular weight is 192 g/mol. The molecule has 0 aliphatic rings. The molecule has 0 saturated carbocycles. The van der Waals surface area contributed by atoms with Gasteiger partial charge in [0.15, 0.2) is 17.4 Å². The van der Waals surface area contributed by atoms with E-state index in [-0.39, 0.29) is 50.9 Å². The number of hydrogen-bond donors (Lipinski definition) is 1. The van der Waals surface area contributed by atoms with Crippen molar-refractivity contribution in [2.45, 2.75) is 0 Å². The van der Waals surface area contributed by atoms with Gasteiger partial charge in [-0.25, -0.2) is 9.59 Å². The summed E-state index contributed by atoms with van der Waals surface area (Å²) < 4.78 is 7.45. The van der Waals surface area contributed by atoms with Gasteiger partial charge in [0.05, 0.1) is 0 Å². The summed E-state index contributed by atoms with van der Waals surface area (Å²) in [6.45, 7) is 0. The summed E-state index contributed by atoms with van der Waals surface area (Å²) in [7, 11) is 0.140. The van der Waals surface area contributed by atoms with Crippen molar-refractivity contribution in [2.75, 3.05) is 0 Å². The van der Waals surface area contributed by atoms with Crippen molar-refractivity contribution in [1.29, 1.82) is 0 Å². The number of carbonyl (C=O) groups excluding carboxylic acids is 1. The second kappa shape index (κ2) is 9.26. The highest BCUT2D eigenvalue weighted by molar-refractivity contribution is 6.04. The molecule has 0 unspecified atom stereocenters. The van der Waals surface area contributed by atoms with Crippen LogP contribution < -0.4 is 0 Å². The van der Waals surface area contributed by atoms with Crippen LogP contribution in [0, 0.1) is 0 Å². The van der Waals surface area contributed by atoms with Crippen LogP contribution in [-0.2, 0) is 9.16 Å². The Kier molecular flexibility index (Phi) is 15.4. The van der Waals surface area contributed by atoms with Gasteiger partial charge in [0.25, 0.3) is 0 Å². The van der Waals surface area contributed by atoms with Gasteiger partial charge in [0.2, 0.25) is 10.5 Å². The molecule has 1 N–H and O–H groups in total. The van der Waals surface area contributed by atoms with Crippen LogP contribution in [0.25, 0.3) is 0 Å². The summed E-state index contributed by atoms with van der Waals surface area (Å²) in [5.74, 6) is 0. The Balaban J connectivity index is -0.000000245. The number of ether oxygens (including phenoxy) is 1. The second-order valence-electron chi connectivity index (χ2n) is 0.822. The molecule has 0 saturated heterocycles. The zero-order valence-electron chi connectivity index (χ0n) is 4.08. The quantitative estimate of drug-likeness (QED) is 0.252. The summed E-state index contributed by atoms with van der Waals surface area (Å²) in [6.07, 6.45) is -2.81. The monoisotopic (exact) mass is 192 g/mol. The Bertz CT molecular complexity index is 118. The fourth-order valence-electron chi connectivity index (χ4n) is 0.113. The minimum absolute atomic E-state index is 0. The maximum atomic E-state index is 9.83. The molecule has 0 fully saturated rings. The van der Waals surface area contributed by atoms with E-state index in [1.165, 1.54) is 0 Å². The van der Waals surface area contributed by atoms with Crippen molar-refractivity contribution in [2.24, 2.45) is 0 Å². The Morgan fingerprint density at radius 2 is 1.80 bits per heavy atom. The highest BCUT2D eigenvalue weighted by Gasteiger charge is 2.04. The van der Waals surface area contributed by atoms with Crippen LogP contribution in [0.5, 0.6) is 0 Å². The normalized spacial score (nSPS) is 6.40. The SMILES string of the molecule is O=C(O)OC(=O)O[SiH3].[AlH3].[MgH2]. The van der Waals surface area contributed by atoms with Crippen LogP contribution in [0.1, 0.15) is 0 Å². The lowest BCUT2D eigenvalue weighted by Crippen LogP contribution is -2.09. The van der Waals surface area contributed by atoms with Crippen molar-refractivity contribution < 1.29 is 23.9 Å². The van der Waals surface area contributed by atoms with E-state index in [1.54, 1.807) is 0 Å². The molecule has 0 heterocycles. The molecule has 0 atom stereocenters. The van der Waals surface area contributed by atoms with Gasteiger partial charge in [0, 0.05) is 0 Å². The highest BCUT2D eigenvalue weighted by Crippen LogP contribution is 1.79. The lowest BCUT2D eigenvalue weighted by atomic mass is 11.3. The van der Waals surface area contributed by atoms with E-state index in [4.69, 9.17) is 5.11 Å². The third-order valence-corrected chi connectivity index (χ3v) is 0.671. The van der Waals surface area contributed by atoms with Gasteiger partial charge in [-0.15, -0.1) is 0 Å². The predicted molar refractivity (Wildman–Crippen MR) is 44.0 cm³/mol. The maximum Gasteiger partial charge on any atom is 0.516 e.